The summed E-state index contributed by atoms with van der Waals surface area (Å²) in [5.41, 5.74) is 4.57. The van der Waals surface area contributed by atoms with Gasteiger partial charge in [0, 0.05) is 37.7 Å². The van der Waals surface area contributed by atoms with Crippen molar-refractivity contribution in [2.45, 2.75) is 0 Å². The van der Waals surface area contributed by atoms with Crippen LogP contribution < -0.4 is 5.73 Å². The summed E-state index contributed by atoms with van der Waals surface area (Å²) in [4.78, 5) is 9.24. The van der Waals surface area contributed by atoms with Gasteiger partial charge in [0.15, 0.2) is 0 Å². The van der Waals surface area contributed by atoms with Crippen LogP contribution in [0, 0.1) is 0 Å². The summed E-state index contributed by atoms with van der Waals surface area (Å²) in [7, 11) is 0. The molecule has 0 saturated carbocycles. The average molecular weight is 168 g/mol. The van der Waals surface area contributed by atoms with Crippen LogP contribution in [-0.2, 0) is 4.79 Å². The zero-order chi connectivity index (χ0) is 6.28. The van der Waals surface area contributed by atoms with Gasteiger partial charge in [-0.3, -0.25) is 9.45 Å². The standard InChI is InChI=1S/C2H5NO2.Ca.ClHO/c3-1-2(4)5;;1-2/h1,3H2,(H,4,5);;2H. The van der Waals surface area contributed by atoms with Crippen molar-refractivity contribution >= 4 is 55.6 Å². The van der Waals surface area contributed by atoms with E-state index in [-0.39, 0.29) is 44.3 Å². The van der Waals surface area contributed by atoms with Crippen LogP contribution in [0.15, 0.2) is 0 Å². The fraction of sp³-hybridized carbons (Fsp3) is 0.500. The second-order valence-corrected chi connectivity index (χ2v) is 0.598. The maximum absolute atomic E-state index is 9.24. The normalized spacial score (nSPS) is 5.38. The molecule has 2 radical (unpaired) electrons. The van der Waals surface area contributed by atoms with E-state index in [1.807, 2.05) is 0 Å². The Labute approximate surface area is 81.8 Å². The Morgan fingerprint density at radius 3 is 1.75 bits per heavy atom. The molecule has 0 bridgehead atoms. The number of carboxylic acids is 1. The van der Waals surface area contributed by atoms with Crippen LogP contribution in [0.2, 0.25) is 0 Å². The molecule has 0 aromatic heterocycles. The van der Waals surface area contributed by atoms with Crippen LogP contribution in [0.25, 0.3) is 0 Å². The van der Waals surface area contributed by atoms with E-state index in [4.69, 9.17) is 9.77 Å². The number of hydrogen-bond donors (Lipinski definition) is 3. The molecule has 4 nitrogen and oxygen atoms in total. The topological polar surface area (TPSA) is 83.6 Å². The van der Waals surface area contributed by atoms with E-state index in [0.717, 1.165) is 0 Å². The molecule has 0 spiro atoms. The van der Waals surface area contributed by atoms with Crippen LogP contribution >= 0.6 is 11.9 Å². The Balaban J connectivity index is -0.0000000750. The summed E-state index contributed by atoms with van der Waals surface area (Å²) in [5, 5.41) is 7.60. The van der Waals surface area contributed by atoms with E-state index < -0.39 is 5.97 Å². The van der Waals surface area contributed by atoms with Gasteiger partial charge in [0.05, 0.1) is 18.4 Å². The molecule has 6 heteroatoms. The average Bonchev–Trinajstić information content (AvgIpc) is 1.73. The van der Waals surface area contributed by atoms with Gasteiger partial charge in [-0.15, -0.1) is 0 Å². The second-order valence-electron chi connectivity index (χ2n) is 0.598. The van der Waals surface area contributed by atoms with Gasteiger partial charge >= 0.3 is 5.97 Å². The molecule has 0 aliphatic carbocycles. The van der Waals surface area contributed by atoms with Crippen molar-refractivity contribution in [3.8, 4) is 0 Å². The quantitative estimate of drug-likeness (QED) is 0.428. The van der Waals surface area contributed by atoms with Crippen molar-refractivity contribution in [2.75, 3.05) is 6.54 Å². The van der Waals surface area contributed by atoms with Gasteiger partial charge in [0.25, 0.3) is 0 Å². The first-order valence-corrected chi connectivity index (χ1v) is 1.70. The second kappa shape index (κ2) is 15.7. The van der Waals surface area contributed by atoms with Gasteiger partial charge in [-0.2, -0.15) is 0 Å². The van der Waals surface area contributed by atoms with Gasteiger partial charge in [0.1, 0.15) is 0 Å². The summed E-state index contributed by atoms with van der Waals surface area (Å²) in [5.74, 6) is -0.968. The fourth-order valence-corrected chi connectivity index (χ4v) is 0. The molecule has 0 fully saturated rings. The van der Waals surface area contributed by atoms with Crippen molar-refractivity contribution in [2.24, 2.45) is 5.73 Å². The Hall–Kier alpha value is 0.940. The molecule has 4 N–H and O–H groups in total. The van der Waals surface area contributed by atoms with Gasteiger partial charge in [-0.05, 0) is 0 Å². The number of halogens is 1. The van der Waals surface area contributed by atoms with Crippen LogP contribution in [0.3, 0.4) is 0 Å². The fourth-order valence-electron chi connectivity index (χ4n) is 0. The van der Waals surface area contributed by atoms with E-state index in [1.165, 1.54) is 0 Å². The third-order valence-corrected chi connectivity index (χ3v) is 0.175. The largest absolute Gasteiger partial charge is 0.480 e. The molecule has 8 heavy (non-hydrogen) atoms. The molecule has 0 aromatic rings. The van der Waals surface area contributed by atoms with Gasteiger partial charge in [0.2, 0.25) is 0 Å². The first-order valence-electron chi connectivity index (χ1n) is 1.36. The number of hydrogen-bond acceptors (Lipinski definition) is 3. The number of nitrogens with two attached hydrogens (primary N) is 1. The zero-order valence-corrected chi connectivity index (χ0v) is 7.14. The van der Waals surface area contributed by atoms with Crippen molar-refractivity contribution < 1.29 is 14.6 Å². The minimum atomic E-state index is -0.968. The maximum atomic E-state index is 9.24. The van der Waals surface area contributed by atoms with Crippen LogP contribution in [0.4, 0.5) is 0 Å². The van der Waals surface area contributed by atoms with Crippen molar-refractivity contribution in [1.82, 2.24) is 0 Å². The molecule has 46 valence electrons. The summed E-state index contributed by atoms with van der Waals surface area (Å²) >= 11 is 3.64. The van der Waals surface area contributed by atoms with Crippen LogP contribution in [0.1, 0.15) is 0 Å². The minimum absolute atomic E-state index is 0. The Kier molecular flexibility index (Phi) is 31.3. The first-order chi connectivity index (χ1) is 3.27. The van der Waals surface area contributed by atoms with E-state index in [2.05, 4.69) is 17.6 Å². The molecule has 0 unspecified atom stereocenters. The Bertz CT molecular complexity index is 52.5. The molecular formula is C2H6CaClNO3. The zero-order valence-electron chi connectivity index (χ0n) is 4.17. The molecule has 0 heterocycles. The van der Waals surface area contributed by atoms with Crippen LogP contribution in [-0.4, -0.2) is 60.0 Å². The predicted molar refractivity (Wildman–Crippen MR) is 30.5 cm³/mol. The number of rotatable bonds is 1. The smallest absolute Gasteiger partial charge is 0.317 e. The Morgan fingerprint density at radius 2 is 1.75 bits per heavy atom. The summed E-state index contributed by atoms with van der Waals surface area (Å²) in [6.07, 6.45) is 0. The minimum Gasteiger partial charge on any atom is -0.480 e. The molecule has 0 aliphatic heterocycles. The van der Waals surface area contributed by atoms with Gasteiger partial charge < -0.3 is 10.8 Å². The first kappa shape index (κ1) is 16.0. The molecule has 0 rings (SSSR count). The van der Waals surface area contributed by atoms with E-state index >= 15 is 0 Å². The third-order valence-electron chi connectivity index (χ3n) is 0.175. The molecule has 0 atom stereocenters. The number of carboxylic acid groups (broad SMARTS) is 1. The van der Waals surface area contributed by atoms with Gasteiger partial charge in [-0.25, -0.2) is 0 Å². The van der Waals surface area contributed by atoms with Crippen molar-refractivity contribution in [3.05, 3.63) is 0 Å². The van der Waals surface area contributed by atoms with Crippen molar-refractivity contribution in [1.29, 1.82) is 0 Å². The van der Waals surface area contributed by atoms with Crippen LogP contribution in [0.5, 0.6) is 0 Å². The number of aliphatic carboxylic acids is 1. The molecule has 0 amide bonds. The number of carbonyl (C=O) groups is 1. The SMILES string of the molecule is NCC(=O)O.OCl.[Ca]. The predicted octanol–water partition coefficient (Wildman–Crippen LogP) is -1.22. The molecular weight excluding hydrogens is 162 g/mol. The molecule has 0 aliphatic rings. The summed E-state index contributed by atoms with van der Waals surface area (Å²) < 4.78 is 6.47. The van der Waals surface area contributed by atoms with E-state index in [0.29, 0.717) is 0 Å². The summed E-state index contributed by atoms with van der Waals surface area (Å²) in [6, 6.07) is 0. The monoisotopic (exact) mass is 167 g/mol. The Morgan fingerprint density at radius 1 is 1.62 bits per heavy atom. The van der Waals surface area contributed by atoms with Crippen molar-refractivity contribution in [3.63, 3.8) is 0 Å². The van der Waals surface area contributed by atoms with E-state index in [9.17, 15) is 4.79 Å². The molecule has 0 saturated heterocycles. The van der Waals surface area contributed by atoms with Gasteiger partial charge in [-0.1, -0.05) is 0 Å². The third kappa shape index (κ3) is 28.3. The maximum Gasteiger partial charge on any atom is 0.317 e. The summed E-state index contributed by atoms with van der Waals surface area (Å²) in [6.45, 7) is -0.278. The molecule has 0 aromatic carbocycles. The van der Waals surface area contributed by atoms with E-state index in [1.54, 1.807) is 0 Å².